The largest absolute Gasteiger partial charge is 0.504 e. The molecule has 1 heterocycles. The van der Waals surface area contributed by atoms with E-state index in [2.05, 4.69) is 10.3 Å². The number of aromatic hydroxyl groups is 2. The van der Waals surface area contributed by atoms with Crippen LogP contribution in [0.3, 0.4) is 0 Å². The molecule has 0 aliphatic heterocycles. The van der Waals surface area contributed by atoms with Gasteiger partial charge < -0.3 is 15.5 Å². The molecule has 0 amide bonds. The molecule has 0 bridgehead atoms. The molecule has 1 unspecified atom stereocenters. The van der Waals surface area contributed by atoms with Gasteiger partial charge in [0.25, 0.3) is 0 Å². The highest BCUT2D eigenvalue weighted by molar-refractivity contribution is 7.13. The molecular weight excluding hydrogens is 236 g/mol. The summed E-state index contributed by atoms with van der Waals surface area (Å²) in [5.41, 5.74) is 1.78. The highest BCUT2D eigenvalue weighted by atomic mass is 32.1. The molecule has 4 nitrogen and oxygen atoms in total. The first kappa shape index (κ1) is 11.9. The molecular formula is C12H14N2O2S. The average Bonchev–Trinajstić information content (AvgIpc) is 2.81. The monoisotopic (exact) mass is 250 g/mol. The lowest BCUT2D eigenvalue weighted by Crippen LogP contribution is -2.12. The van der Waals surface area contributed by atoms with Crippen molar-refractivity contribution >= 4 is 11.3 Å². The highest BCUT2D eigenvalue weighted by Gasteiger charge is 2.10. The fraction of sp³-hybridized carbons (Fsp3) is 0.250. The van der Waals surface area contributed by atoms with E-state index in [0.717, 1.165) is 16.3 Å². The number of rotatable bonds is 3. The van der Waals surface area contributed by atoms with Gasteiger partial charge in [-0.3, -0.25) is 0 Å². The minimum atomic E-state index is -0.124. The number of aromatic nitrogens is 1. The zero-order valence-electron chi connectivity index (χ0n) is 9.64. The van der Waals surface area contributed by atoms with Crippen molar-refractivity contribution in [3.8, 4) is 22.1 Å². The van der Waals surface area contributed by atoms with Crippen LogP contribution in [0.2, 0.25) is 0 Å². The SMILES string of the molecule is CNC(C)c1csc(-c2ccc(O)c(O)c2)n1. The van der Waals surface area contributed by atoms with Crippen LogP contribution < -0.4 is 5.32 Å². The van der Waals surface area contributed by atoms with Crippen LogP contribution in [0.25, 0.3) is 10.6 Å². The van der Waals surface area contributed by atoms with Crippen molar-refractivity contribution in [1.82, 2.24) is 10.3 Å². The Morgan fingerprint density at radius 1 is 1.29 bits per heavy atom. The number of phenols is 2. The molecule has 1 aromatic carbocycles. The van der Waals surface area contributed by atoms with Crippen LogP contribution in [0.1, 0.15) is 18.7 Å². The zero-order valence-corrected chi connectivity index (χ0v) is 10.5. The fourth-order valence-corrected chi connectivity index (χ4v) is 2.33. The van der Waals surface area contributed by atoms with E-state index in [1.165, 1.54) is 23.5 Å². The first-order chi connectivity index (χ1) is 8.11. The van der Waals surface area contributed by atoms with Gasteiger partial charge >= 0.3 is 0 Å². The van der Waals surface area contributed by atoms with E-state index in [4.69, 9.17) is 0 Å². The summed E-state index contributed by atoms with van der Waals surface area (Å²) >= 11 is 1.52. The van der Waals surface area contributed by atoms with Crippen molar-refractivity contribution in [2.24, 2.45) is 0 Å². The Morgan fingerprint density at radius 2 is 2.06 bits per heavy atom. The quantitative estimate of drug-likeness (QED) is 0.732. The molecule has 3 N–H and O–H groups in total. The van der Waals surface area contributed by atoms with E-state index in [0.29, 0.717) is 0 Å². The van der Waals surface area contributed by atoms with Crippen LogP contribution in [0.4, 0.5) is 0 Å². The molecule has 0 aliphatic carbocycles. The molecule has 0 fully saturated rings. The van der Waals surface area contributed by atoms with Crippen LogP contribution in [-0.4, -0.2) is 22.2 Å². The van der Waals surface area contributed by atoms with E-state index in [9.17, 15) is 10.2 Å². The Kier molecular flexibility index (Phi) is 3.31. The van der Waals surface area contributed by atoms with Gasteiger partial charge in [0.15, 0.2) is 11.5 Å². The van der Waals surface area contributed by atoms with E-state index in [1.807, 2.05) is 19.4 Å². The second-order valence-electron chi connectivity index (χ2n) is 3.79. The third-order valence-electron chi connectivity index (χ3n) is 2.62. The Morgan fingerprint density at radius 3 is 2.71 bits per heavy atom. The number of benzene rings is 1. The highest BCUT2D eigenvalue weighted by Crippen LogP contribution is 2.32. The molecule has 2 rings (SSSR count). The second kappa shape index (κ2) is 4.73. The second-order valence-corrected chi connectivity index (χ2v) is 4.65. The number of hydrogen-bond donors (Lipinski definition) is 3. The van der Waals surface area contributed by atoms with Crippen molar-refractivity contribution < 1.29 is 10.2 Å². The van der Waals surface area contributed by atoms with Gasteiger partial charge in [-0.2, -0.15) is 0 Å². The van der Waals surface area contributed by atoms with Crippen LogP contribution in [0.15, 0.2) is 23.6 Å². The lowest BCUT2D eigenvalue weighted by Gasteiger charge is -2.05. The molecule has 0 saturated heterocycles. The molecule has 5 heteroatoms. The molecule has 1 atom stereocenters. The van der Waals surface area contributed by atoms with E-state index >= 15 is 0 Å². The van der Waals surface area contributed by atoms with Gasteiger partial charge in [-0.1, -0.05) is 0 Å². The van der Waals surface area contributed by atoms with E-state index in [1.54, 1.807) is 6.07 Å². The topological polar surface area (TPSA) is 65.4 Å². The summed E-state index contributed by atoms with van der Waals surface area (Å²) in [7, 11) is 1.88. The Hall–Kier alpha value is -1.59. The Bertz CT molecular complexity index is 525. The number of thiazole rings is 1. The lowest BCUT2D eigenvalue weighted by atomic mass is 10.2. The fourth-order valence-electron chi connectivity index (χ4n) is 1.42. The molecule has 0 radical (unpaired) electrons. The lowest BCUT2D eigenvalue weighted by molar-refractivity contribution is 0.404. The minimum Gasteiger partial charge on any atom is -0.504 e. The third kappa shape index (κ3) is 2.40. The summed E-state index contributed by atoms with van der Waals surface area (Å²) in [6.07, 6.45) is 0. The maximum atomic E-state index is 9.44. The van der Waals surface area contributed by atoms with Crippen LogP contribution >= 0.6 is 11.3 Å². The summed E-state index contributed by atoms with van der Waals surface area (Å²) in [5, 5.41) is 24.6. The van der Waals surface area contributed by atoms with Crippen molar-refractivity contribution in [3.63, 3.8) is 0 Å². The first-order valence-electron chi connectivity index (χ1n) is 5.27. The van der Waals surface area contributed by atoms with Crippen LogP contribution in [0, 0.1) is 0 Å². The molecule has 90 valence electrons. The van der Waals surface area contributed by atoms with Gasteiger partial charge in [-0.15, -0.1) is 11.3 Å². The molecule has 0 spiro atoms. The molecule has 0 aliphatic rings. The van der Waals surface area contributed by atoms with Crippen LogP contribution in [-0.2, 0) is 0 Å². The van der Waals surface area contributed by atoms with Crippen LogP contribution in [0.5, 0.6) is 11.5 Å². The number of nitrogens with zero attached hydrogens (tertiary/aromatic N) is 1. The Labute approximate surface area is 104 Å². The molecule has 17 heavy (non-hydrogen) atoms. The van der Waals surface area contributed by atoms with Crippen molar-refractivity contribution in [1.29, 1.82) is 0 Å². The number of phenolic OH excluding ortho intramolecular Hbond substituents is 2. The molecule has 0 saturated carbocycles. The van der Waals surface area contributed by atoms with Gasteiger partial charge in [0.2, 0.25) is 0 Å². The van der Waals surface area contributed by atoms with Gasteiger partial charge in [0, 0.05) is 17.0 Å². The van der Waals surface area contributed by atoms with Crippen molar-refractivity contribution in [2.45, 2.75) is 13.0 Å². The zero-order chi connectivity index (χ0) is 12.4. The number of hydrogen-bond acceptors (Lipinski definition) is 5. The number of nitrogens with one attached hydrogen (secondary N) is 1. The normalized spacial score (nSPS) is 12.6. The van der Waals surface area contributed by atoms with Gasteiger partial charge in [-0.05, 0) is 32.2 Å². The van der Waals surface area contributed by atoms with Gasteiger partial charge in [-0.25, -0.2) is 4.98 Å². The maximum Gasteiger partial charge on any atom is 0.158 e. The standard InChI is InChI=1S/C12H14N2O2S/c1-7(13-2)9-6-17-12(14-9)8-3-4-10(15)11(16)5-8/h3-7,13,15-16H,1-2H3. The van der Waals surface area contributed by atoms with Crippen molar-refractivity contribution in [2.75, 3.05) is 7.05 Å². The summed E-state index contributed by atoms with van der Waals surface area (Å²) < 4.78 is 0. The summed E-state index contributed by atoms with van der Waals surface area (Å²) in [6.45, 7) is 2.03. The maximum absolute atomic E-state index is 9.44. The van der Waals surface area contributed by atoms with Crippen molar-refractivity contribution in [3.05, 3.63) is 29.3 Å². The summed E-state index contributed by atoms with van der Waals surface area (Å²) in [4.78, 5) is 4.49. The smallest absolute Gasteiger partial charge is 0.158 e. The third-order valence-corrected chi connectivity index (χ3v) is 3.53. The van der Waals surface area contributed by atoms with Gasteiger partial charge in [0.1, 0.15) is 5.01 Å². The predicted molar refractivity (Wildman–Crippen MR) is 68.4 cm³/mol. The average molecular weight is 250 g/mol. The summed E-state index contributed by atoms with van der Waals surface area (Å²) in [6, 6.07) is 4.92. The molecule has 1 aromatic heterocycles. The van der Waals surface area contributed by atoms with E-state index < -0.39 is 0 Å². The Balaban J connectivity index is 2.33. The molecule has 2 aromatic rings. The first-order valence-corrected chi connectivity index (χ1v) is 6.15. The summed E-state index contributed by atoms with van der Waals surface area (Å²) in [5.74, 6) is -0.241. The van der Waals surface area contributed by atoms with E-state index in [-0.39, 0.29) is 17.5 Å². The minimum absolute atomic E-state index is 0.117. The predicted octanol–water partition coefficient (Wildman–Crippen LogP) is 2.50. The van der Waals surface area contributed by atoms with Gasteiger partial charge in [0.05, 0.1) is 5.69 Å².